The highest BCUT2D eigenvalue weighted by Crippen LogP contribution is 2.15. The van der Waals surface area contributed by atoms with Crippen molar-refractivity contribution in [2.45, 2.75) is 13.5 Å². The number of rotatable bonds is 3. The van der Waals surface area contributed by atoms with Gasteiger partial charge in [0.15, 0.2) is 0 Å². The number of aromatic nitrogens is 2. The normalized spacial score (nSPS) is 9.75. The topological polar surface area (TPSA) is 61.6 Å². The molecule has 0 unspecified atom stereocenters. The van der Waals surface area contributed by atoms with Gasteiger partial charge >= 0.3 is 0 Å². The first-order chi connectivity index (χ1) is 7.79. The van der Waals surface area contributed by atoms with Crippen molar-refractivity contribution in [3.05, 3.63) is 40.0 Å². The molecule has 0 fully saturated rings. The van der Waals surface area contributed by atoms with Crippen molar-refractivity contribution in [1.29, 1.82) is 5.26 Å². The van der Waals surface area contributed by atoms with Gasteiger partial charge in [0.25, 0.3) is 0 Å². The second-order valence-electron chi connectivity index (χ2n) is 3.21. The Morgan fingerprint density at radius 3 is 3.06 bits per heavy atom. The molecule has 0 aromatic carbocycles. The molecular weight excluding hydrogens is 220 g/mol. The van der Waals surface area contributed by atoms with Crippen molar-refractivity contribution >= 4 is 17.2 Å². The number of hydrogen-bond donors (Lipinski definition) is 1. The van der Waals surface area contributed by atoms with Gasteiger partial charge in [0, 0.05) is 17.3 Å². The molecule has 0 radical (unpaired) electrons. The number of hydrogen-bond acceptors (Lipinski definition) is 5. The average molecular weight is 230 g/mol. The molecule has 5 heteroatoms. The lowest BCUT2D eigenvalue weighted by atomic mass is 10.3. The first kappa shape index (κ1) is 10.6. The monoisotopic (exact) mass is 230 g/mol. The molecule has 2 rings (SSSR count). The molecule has 0 aliphatic heterocycles. The van der Waals surface area contributed by atoms with E-state index in [9.17, 15) is 0 Å². The molecule has 0 saturated carbocycles. The standard InChI is InChI=1S/C11H10N4S/c1-8-14-6-10(16-8)7-15-11-9(5-12)3-2-4-13-11/h2-4,6H,7H2,1H3,(H,13,15). The highest BCUT2D eigenvalue weighted by Gasteiger charge is 2.03. The van der Waals surface area contributed by atoms with Crippen molar-refractivity contribution in [2.24, 2.45) is 0 Å². The maximum absolute atomic E-state index is 8.88. The van der Waals surface area contributed by atoms with Gasteiger partial charge in [-0.15, -0.1) is 11.3 Å². The van der Waals surface area contributed by atoms with Crippen LogP contribution in [0.3, 0.4) is 0 Å². The van der Waals surface area contributed by atoms with Crippen LogP contribution in [-0.2, 0) is 6.54 Å². The Balaban J connectivity index is 2.08. The van der Waals surface area contributed by atoms with Crippen LogP contribution in [0.4, 0.5) is 5.82 Å². The number of nitriles is 1. The highest BCUT2D eigenvalue weighted by atomic mass is 32.1. The maximum Gasteiger partial charge on any atom is 0.144 e. The van der Waals surface area contributed by atoms with Crippen molar-refractivity contribution in [3.8, 4) is 6.07 Å². The van der Waals surface area contributed by atoms with E-state index < -0.39 is 0 Å². The number of nitrogens with zero attached hydrogens (tertiary/aromatic N) is 3. The van der Waals surface area contributed by atoms with Crippen LogP contribution in [0.25, 0.3) is 0 Å². The lowest BCUT2D eigenvalue weighted by Gasteiger charge is -2.04. The van der Waals surface area contributed by atoms with Crippen molar-refractivity contribution in [1.82, 2.24) is 9.97 Å². The lowest BCUT2D eigenvalue weighted by Crippen LogP contribution is -2.01. The molecule has 0 spiro atoms. The van der Waals surface area contributed by atoms with Crippen LogP contribution in [0.1, 0.15) is 15.4 Å². The summed E-state index contributed by atoms with van der Waals surface area (Å²) in [6.45, 7) is 2.62. The van der Waals surface area contributed by atoms with Crippen LogP contribution in [0, 0.1) is 18.3 Å². The predicted octanol–water partition coefficient (Wildman–Crippen LogP) is 2.33. The van der Waals surface area contributed by atoms with Gasteiger partial charge in [-0.25, -0.2) is 9.97 Å². The number of nitrogens with one attached hydrogen (secondary N) is 1. The van der Waals surface area contributed by atoms with Gasteiger partial charge in [0.1, 0.15) is 11.9 Å². The number of anilines is 1. The van der Waals surface area contributed by atoms with E-state index in [2.05, 4.69) is 21.4 Å². The van der Waals surface area contributed by atoms with Crippen LogP contribution in [0.5, 0.6) is 0 Å². The minimum absolute atomic E-state index is 0.559. The molecule has 4 nitrogen and oxygen atoms in total. The van der Waals surface area contributed by atoms with Crippen molar-refractivity contribution < 1.29 is 0 Å². The fraction of sp³-hybridized carbons (Fsp3) is 0.182. The lowest BCUT2D eigenvalue weighted by molar-refractivity contribution is 1.12. The number of thiazole rings is 1. The molecule has 2 aromatic heterocycles. The predicted molar refractivity (Wildman–Crippen MR) is 63.1 cm³/mol. The third-order valence-corrected chi connectivity index (χ3v) is 2.94. The molecule has 0 aliphatic rings. The van der Waals surface area contributed by atoms with Gasteiger partial charge in [-0.05, 0) is 19.1 Å². The van der Waals surface area contributed by atoms with E-state index in [1.807, 2.05) is 13.1 Å². The Bertz CT molecular complexity index is 527. The van der Waals surface area contributed by atoms with E-state index in [1.165, 1.54) is 0 Å². The molecule has 2 heterocycles. The van der Waals surface area contributed by atoms with Gasteiger partial charge in [-0.1, -0.05) is 0 Å². The first-order valence-electron chi connectivity index (χ1n) is 4.80. The Kier molecular flexibility index (Phi) is 3.13. The van der Waals surface area contributed by atoms with E-state index in [0.29, 0.717) is 17.9 Å². The molecule has 1 N–H and O–H groups in total. The van der Waals surface area contributed by atoms with Crippen LogP contribution in [0.2, 0.25) is 0 Å². The van der Waals surface area contributed by atoms with E-state index in [-0.39, 0.29) is 0 Å². The summed E-state index contributed by atoms with van der Waals surface area (Å²) in [7, 11) is 0. The van der Waals surface area contributed by atoms with Crippen LogP contribution in [-0.4, -0.2) is 9.97 Å². The summed E-state index contributed by atoms with van der Waals surface area (Å²) in [6, 6.07) is 5.59. The second kappa shape index (κ2) is 4.73. The van der Waals surface area contributed by atoms with E-state index in [1.54, 1.807) is 29.7 Å². The third kappa shape index (κ3) is 2.35. The fourth-order valence-electron chi connectivity index (χ4n) is 1.29. The van der Waals surface area contributed by atoms with Crippen molar-refractivity contribution in [3.63, 3.8) is 0 Å². The van der Waals surface area contributed by atoms with Gasteiger partial charge in [-0.2, -0.15) is 5.26 Å². The van der Waals surface area contributed by atoms with E-state index in [4.69, 9.17) is 5.26 Å². The molecule has 0 amide bonds. The minimum atomic E-state index is 0.559. The summed E-state index contributed by atoms with van der Waals surface area (Å²) in [6.07, 6.45) is 3.50. The maximum atomic E-state index is 8.88. The van der Waals surface area contributed by atoms with E-state index >= 15 is 0 Å². The second-order valence-corrected chi connectivity index (χ2v) is 4.53. The van der Waals surface area contributed by atoms with Crippen LogP contribution >= 0.6 is 11.3 Å². The molecule has 0 bridgehead atoms. The summed E-state index contributed by atoms with van der Waals surface area (Å²) in [4.78, 5) is 9.42. The van der Waals surface area contributed by atoms with Gasteiger partial charge < -0.3 is 5.32 Å². The molecule has 16 heavy (non-hydrogen) atoms. The zero-order chi connectivity index (χ0) is 11.4. The highest BCUT2D eigenvalue weighted by molar-refractivity contribution is 7.11. The number of aryl methyl sites for hydroxylation is 1. The van der Waals surface area contributed by atoms with E-state index in [0.717, 1.165) is 9.88 Å². The van der Waals surface area contributed by atoms with Crippen LogP contribution < -0.4 is 5.32 Å². The van der Waals surface area contributed by atoms with Gasteiger partial charge in [-0.3, -0.25) is 0 Å². The fourth-order valence-corrected chi connectivity index (χ4v) is 2.03. The summed E-state index contributed by atoms with van der Waals surface area (Å²) in [5, 5.41) is 13.1. The number of pyridine rings is 1. The summed E-state index contributed by atoms with van der Waals surface area (Å²) >= 11 is 1.64. The minimum Gasteiger partial charge on any atom is -0.364 e. The average Bonchev–Trinajstić information content (AvgIpc) is 2.73. The third-order valence-electron chi connectivity index (χ3n) is 2.03. The smallest absolute Gasteiger partial charge is 0.144 e. The first-order valence-corrected chi connectivity index (χ1v) is 5.61. The molecule has 2 aromatic rings. The zero-order valence-electron chi connectivity index (χ0n) is 8.77. The Hall–Kier alpha value is -1.93. The SMILES string of the molecule is Cc1ncc(CNc2ncccc2C#N)s1. The molecule has 0 aliphatic carbocycles. The van der Waals surface area contributed by atoms with Crippen molar-refractivity contribution in [2.75, 3.05) is 5.32 Å². The quantitative estimate of drug-likeness (QED) is 0.879. The molecule has 0 saturated heterocycles. The molecule has 0 atom stereocenters. The zero-order valence-corrected chi connectivity index (χ0v) is 9.58. The summed E-state index contributed by atoms with van der Waals surface area (Å²) < 4.78 is 0. The Morgan fingerprint density at radius 2 is 2.38 bits per heavy atom. The summed E-state index contributed by atoms with van der Waals surface area (Å²) in [5.41, 5.74) is 0.559. The molecule has 80 valence electrons. The van der Waals surface area contributed by atoms with Gasteiger partial charge in [0.2, 0.25) is 0 Å². The van der Waals surface area contributed by atoms with Gasteiger partial charge in [0.05, 0.1) is 17.1 Å². The Morgan fingerprint density at radius 1 is 1.50 bits per heavy atom. The Labute approximate surface area is 97.6 Å². The summed E-state index contributed by atoms with van der Waals surface area (Å²) in [5.74, 6) is 0.621. The largest absolute Gasteiger partial charge is 0.364 e. The molecular formula is C11H10N4S. The van der Waals surface area contributed by atoms with Crippen LogP contribution in [0.15, 0.2) is 24.5 Å².